The first-order valence-corrected chi connectivity index (χ1v) is 7.27. The van der Waals surface area contributed by atoms with E-state index < -0.39 is 12.0 Å². The summed E-state index contributed by atoms with van der Waals surface area (Å²) in [6.45, 7) is 2.28. The zero-order valence-electron chi connectivity index (χ0n) is 12.1. The molecule has 1 aromatic carbocycles. The van der Waals surface area contributed by atoms with Crippen molar-refractivity contribution in [3.8, 4) is 0 Å². The van der Waals surface area contributed by atoms with Gasteiger partial charge in [-0.1, -0.05) is 25.1 Å². The Morgan fingerprint density at radius 1 is 1.43 bits per heavy atom. The Kier molecular flexibility index (Phi) is 4.94. The van der Waals surface area contributed by atoms with Crippen molar-refractivity contribution in [1.82, 2.24) is 4.90 Å². The molecule has 114 valence electrons. The maximum Gasteiger partial charge on any atom is 0.326 e. The molecule has 4 nitrogen and oxygen atoms in total. The van der Waals surface area contributed by atoms with Crippen LogP contribution in [0.15, 0.2) is 24.3 Å². The van der Waals surface area contributed by atoms with Crippen LogP contribution in [0.4, 0.5) is 4.39 Å². The van der Waals surface area contributed by atoms with Gasteiger partial charge in [-0.05, 0) is 37.3 Å². The molecule has 1 N–H and O–H groups in total. The fraction of sp³-hybridized carbons (Fsp3) is 0.500. The number of halogens is 1. The zero-order chi connectivity index (χ0) is 15.4. The normalized spacial score (nSPS) is 19.5. The van der Waals surface area contributed by atoms with E-state index in [0.717, 1.165) is 6.42 Å². The molecule has 5 heteroatoms. The van der Waals surface area contributed by atoms with Crippen molar-refractivity contribution in [2.24, 2.45) is 5.92 Å². The number of carbonyl (C=O) groups excluding carboxylic acids is 1. The van der Waals surface area contributed by atoms with Crippen LogP contribution in [0.5, 0.6) is 0 Å². The zero-order valence-corrected chi connectivity index (χ0v) is 12.1. The Morgan fingerprint density at radius 2 is 2.14 bits per heavy atom. The van der Waals surface area contributed by atoms with Crippen molar-refractivity contribution in [3.05, 3.63) is 35.6 Å². The molecular formula is C16H20FNO3. The standard InChI is InChI=1S/C16H20FNO3/c1-11(8-9-12-5-2-3-6-13(12)17)15(19)18-10-4-7-14(18)16(20)21/h2-3,5-6,11,14H,4,7-10H2,1H3,(H,20,21). The van der Waals surface area contributed by atoms with Gasteiger partial charge in [-0.25, -0.2) is 9.18 Å². The van der Waals surface area contributed by atoms with Gasteiger partial charge in [-0.2, -0.15) is 0 Å². The van der Waals surface area contributed by atoms with Crippen LogP contribution >= 0.6 is 0 Å². The molecule has 2 rings (SSSR count). The third-order valence-corrected chi connectivity index (χ3v) is 4.05. The molecule has 2 atom stereocenters. The average Bonchev–Trinajstić information content (AvgIpc) is 2.95. The Labute approximate surface area is 123 Å². The molecule has 1 fully saturated rings. The lowest BCUT2D eigenvalue weighted by atomic mass is 9.99. The van der Waals surface area contributed by atoms with Crippen molar-refractivity contribution in [2.45, 2.75) is 38.6 Å². The van der Waals surface area contributed by atoms with Gasteiger partial charge in [-0.15, -0.1) is 0 Å². The predicted molar refractivity (Wildman–Crippen MR) is 76.3 cm³/mol. The molecule has 0 aliphatic carbocycles. The maximum absolute atomic E-state index is 13.5. The highest BCUT2D eigenvalue weighted by Gasteiger charge is 2.35. The highest BCUT2D eigenvalue weighted by Crippen LogP contribution is 2.22. The number of carboxylic acids is 1. The first-order chi connectivity index (χ1) is 10.0. The van der Waals surface area contributed by atoms with Crippen LogP contribution in [-0.4, -0.2) is 34.5 Å². The van der Waals surface area contributed by atoms with E-state index in [4.69, 9.17) is 5.11 Å². The Hall–Kier alpha value is -1.91. The number of hydrogen-bond donors (Lipinski definition) is 1. The summed E-state index contributed by atoms with van der Waals surface area (Å²) in [6.07, 6.45) is 2.23. The van der Waals surface area contributed by atoms with Crippen molar-refractivity contribution >= 4 is 11.9 Å². The van der Waals surface area contributed by atoms with E-state index in [2.05, 4.69) is 0 Å². The van der Waals surface area contributed by atoms with Crippen LogP contribution < -0.4 is 0 Å². The number of benzene rings is 1. The molecule has 0 spiro atoms. The molecule has 21 heavy (non-hydrogen) atoms. The highest BCUT2D eigenvalue weighted by molar-refractivity contribution is 5.85. The van der Waals surface area contributed by atoms with Crippen LogP contribution in [0.2, 0.25) is 0 Å². The van der Waals surface area contributed by atoms with Crippen LogP contribution in [0.25, 0.3) is 0 Å². The number of aryl methyl sites for hydroxylation is 1. The van der Waals surface area contributed by atoms with E-state index >= 15 is 0 Å². The maximum atomic E-state index is 13.5. The first kappa shape index (κ1) is 15.5. The molecule has 0 radical (unpaired) electrons. The summed E-state index contributed by atoms with van der Waals surface area (Å²) in [5.41, 5.74) is 0.591. The quantitative estimate of drug-likeness (QED) is 0.907. The summed E-state index contributed by atoms with van der Waals surface area (Å²) < 4.78 is 13.5. The third kappa shape index (κ3) is 3.60. The molecule has 1 aliphatic heterocycles. The average molecular weight is 293 g/mol. The van der Waals surface area contributed by atoms with Crippen LogP contribution in [0.3, 0.4) is 0 Å². The van der Waals surface area contributed by atoms with Gasteiger partial charge >= 0.3 is 5.97 Å². The number of likely N-dealkylation sites (tertiary alicyclic amines) is 1. The van der Waals surface area contributed by atoms with Crippen molar-refractivity contribution in [1.29, 1.82) is 0 Å². The van der Waals surface area contributed by atoms with Crippen molar-refractivity contribution < 1.29 is 19.1 Å². The van der Waals surface area contributed by atoms with Crippen molar-refractivity contribution in [3.63, 3.8) is 0 Å². The number of aliphatic carboxylic acids is 1. The van der Waals surface area contributed by atoms with E-state index in [0.29, 0.717) is 31.4 Å². The van der Waals surface area contributed by atoms with Gasteiger partial charge in [-0.3, -0.25) is 4.79 Å². The number of nitrogens with zero attached hydrogens (tertiary/aromatic N) is 1. The van der Waals surface area contributed by atoms with Crippen LogP contribution in [0, 0.1) is 11.7 Å². The van der Waals surface area contributed by atoms with E-state index in [1.165, 1.54) is 11.0 Å². The SMILES string of the molecule is CC(CCc1ccccc1F)C(=O)N1CCCC1C(=O)O. The Bertz CT molecular complexity index is 532. The fourth-order valence-corrected chi connectivity index (χ4v) is 2.77. The fourth-order valence-electron chi connectivity index (χ4n) is 2.77. The monoisotopic (exact) mass is 293 g/mol. The van der Waals surface area contributed by atoms with Gasteiger partial charge in [0, 0.05) is 12.5 Å². The molecule has 1 aromatic rings. The predicted octanol–water partition coefficient (Wildman–Crippen LogP) is 2.47. The lowest BCUT2D eigenvalue weighted by Gasteiger charge is -2.25. The summed E-state index contributed by atoms with van der Waals surface area (Å²) in [6, 6.07) is 5.82. The minimum Gasteiger partial charge on any atom is -0.480 e. The summed E-state index contributed by atoms with van der Waals surface area (Å²) >= 11 is 0. The molecule has 1 saturated heterocycles. The van der Waals surface area contributed by atoms with Crippen molar-refractivity contribution in [2.75, 3.05) is 6.54 Å². The number of hydrogen-bond acceptors (Lipinski definition) is 2. The van der Waals surface area contributed by atoms with E-state index in [-0.39, 0.29) is 17.6 Å². The van der Waals surface area contributed by atoms with Gasteiger partial charge < -0.3 is 10.0 Å². The number of rotatable bonds is 5. The van der Waals surface area contributed by atoms with E-state index in [1.54, 1.807) is 25.1 Å². The molecular weight excluding hydrogens is 273 g/mol. The lowest BCUT2D eigenvalue weighted by Crippen LogP contribution is -2.43. The van der Waals surface area contributed by atoms with Gasteiger partial charge in [0.15, 0.2) is 0 Å². The summed E-state index contributed by atoms with van der Waals surface area (Å²) in [5.74, 6) is -1.65. The molecule has 0 aromatic heterocycles. The molecule has 2 unspecified atom stereocenters. The second-order valence-electron chi connectivity index (χ2n) is 5.56. The number of amides is 1. The molecule has 1 amide bonds. The number of carboxylic acid groups (broad SMARTS) is 1. The summed E-state index contributed by atoms with van der Waals surface area (Å²) in [7, 11) is 0. The van der Waals surface area contributed by atoms with Crippen LogP contribution in [-0.2, 0) is 16.0 Å². The van der Waals surface area contributed by atoms with E-state index in [1.807, 2.05) is 0 Å². The number of carbonyl (C=O) groups is 2. The first-order valence-electron chi connectivity index (χ1n) is 7.27. The second-order valence-corrected chi connectivity index (χ2v) is 5.56. The van der Waals surface area contributed by atoms with Crippen LogP contribution in [0.1, 0.15) is 31.7 Å². The Morgan fingerprint density at radius 3 is 2.81 bits per heavy atom. The third-order valence-electron chi connectivity index (χ3n) is 4.05. The van der Waals surface area contributed by atoms with E-state index in [9.17, 15) is 14.0 Å². The van der Waals surface area contributed by atoms with Gasteiger partial charge in [0.05, 0.1) is 0 Å². The highest BCUT2D eigenvalue weighted by atomic mass is 19.1. The van der Waals surface area contributed by atoms with Gasteiger partial charge in [0.2, 0.25) is 5.91 Å². The smallest absolute Gasteiger partial charge is 0.326 e. The minimum absolute atomic E-state index is 0.142. The lowest BCUT2D eigenvalue weighted by molar-refractivity contribution is -0.149. The second kappa shape index (κ2) is 6.70. The molecule has 1 aliphatic rings. The largest absolute Gasteiger partial charge is 0.480 e. The molecule has 0 saturated carbocycles. The van der Waals surface area contributed by atoms with Gasteiger partial charge in [0.1, 0.15) is 11.9 Å². The summed E-state index contributed by atoms with van der Waals surface area (Å²) in [5, 5.41) is 9.12. The minimum atomic E-state index is -0.942. The molecule has 1 heterocycles. The topological polar surface area (TPSA) is 57.6 Å². The Balaban J connectivity index is 1.94. The molecule has 0 bridgehead atoms. The van der Waals surface area contributed by atoms with Gasteiger partial charge in [0.25, 0.3) is 0 Å². The summed E-state index contributed by atoms with van der Waals surface area (Å²) in [4.78, 5) is 24.9.